The van der Waals surface area contributed by atoms with Crippen molar-refractivity contribution in [1.29, 1.82) is 0 Å². The number of benzene rings is 1. The molecule has 3 aromatic rings. The van der Waals surface area contributed by atoms with Gasteiger partial charge in [0, 0.05) is 11.4 Å². The van der Waals surface area contributed by atoms with Crippen molar-refractivity contribution in [3.63, 3.8) is 0 Å². The van der Waals surface area contributed by atoms with Crippen molar-refractivity contribution in [3.8, 4) is 28.7 Å². The SMILES string of the molecule is COc1cc(C(c2c(O)cc(C)[nH]c2=O)c2c(O)cc(C)[nH]c2=O)cc(OC)c1OC. The molecule has 0 bridgehead atoms. The number of hydrogen-bond acceptors (Lipinski definition) is 7. The molecule has 3 rings (SSSR count). The zero-order valence-electron chi connectivity index (χ0n) is 17.8. The van der Waals surface area contributed by atoms with Crippen molar-refractivity contribution < 1.29 is 24.4 Å². The molecular formula is C22H24N2O7. The average molecular weight is 428 g/mol. The maximum absolute atomic E-state index is 12.9. The minimum atomic E-state index is -1.14. The third kappa shape index (κ3) is 3.94. The van der Waals surface area contributed by atoms with Crippen LogP contribution in [0.25, 0.3) is 0 Å². The van der Waals surface area contributed by atoms with Crippen LogP contribution < -0.4 is 25.3 Å². The number of rotatable bonds is 6. The highest BCUT2D eigenvalue weighted by Gasteiger charge is 2.31. The summed E-state index contributed by atoms with van der Waals surface area (Å²) in [7, 11) is 4.31. The van der Waals surface area contributed by atoms with Crippen LogP contribution in [0.4, 0.5) is 0 Å². The predicted molar refractivity (Wildman–Crippen MR) is 114 cm³/mol. The fourth-order valence-corrected chi connectivity index (χ4v) is 3.67. The highest BCUT2D eigenvalue weighted by molar-refractivity contribution is 5.59. The molecule has 4 N–H and O–H groups in total. The quantitative estimate of drug-likeness (QED) is 0.473. The van der Waals surface area contributed by atoms with E-state index in [2.05, 4.69) is 9.97 Å². The van der Waals surface area contributed by atoms with Gasteiger partial charge >= 0.3 is 0 Å². The Bertz CT molecular complexity index is 1150. The summed E-state index contributed by atoms with van der Waals surface area (Å²) in [5, 5.41) is 21.3. The fraction of sp³-hybridized carbons (Fsp3) is 0.273. The number of nitrogens with one attached hydrogen (secondary N) is 2. The number of pyridine rings is 2. The monoisotopic (exact) mass is 428 g/mol. The molecule has 0 aliphatic carbocycles. The number of hydrogen-bond donors (Lipinski definition) is 4. The van der Waals surface area contributed by atoms with E-state index >= 15 is 0 Å². The van der Waals surface area contributed by atoms with Gasteiger partial charge in [0.15, 0.2) is 11.5 Å². The second kappa shape index (κ2) is 8.47. The lowest BCUT2D eigenvalue weighted by molar-refractivity contribution is 0.323. The molecule has 9 nitrogen and oxygen atoms in total. The first-order valence-electron chi connectivity index (χ1n) is 9.37. The van der Waals surface area contributed by atoms with E-state index in [1.54, 1.807) is 26.0 Å². The van der Waals surface area contributed by atoms with Crippen molar-refractivity contribution in [2.45, 2.75) is 19.8 Å². The smallest absolute Gasteiger partial charge is 0.256 e. The van der Waals surface area contributed by atoms with Crippen LogP contribution in [0.5, 0.6) is 28.7 Å². The van der Waals surface area contributed by atoms with E-state index in [1.165, 1.54) is 33.5 Å². The summed E-state index contributed by atoms with van der Waals surface area (Å²) in [4.78, 5) is 31.0. The number of aromatic nitrogens is 2. The zero-order valence-corrected chi connectivity index (χ0v) is 17.8. The third-order valence-corrected chi connectivity index (χ3v) is 4.97. The molecular weight excluding hydrogens is 404 g/mol. The second-order valence-electron chi connectivity index (χ2n) is 7.05. The van der Waals surface area contributed by atoms with Crippen LogP contribution >= 0.6 is 0 Å². The first kappa shape index (κ1) is 21.8. The predicted octanol–water partition coefficient (Wildman–Crippen LogP) is 2.30. The molecule has 0 amide bonds. The Balaban J connectivity index is 2.45. The van der Waals surface area contributed by atoms with Gasteiger partial charge in [0.2, 0.25) is 5.75 Å². The number of aryl methyl sites for hydroxylation is 2. The Kier molecular flexibility index (Phi) is 5.96. The Hall–Kier alpha value is -3.88. The second-order valence-corrected chi connectivity index (χ2v) is 7.05. The molecule has 9 heteroatoms. The molecule has 0 atom stereocenters. The summed E-state index contributed by atoms with van der Waals surface area (Å²) in [6.07, 6.45) is 0. The van der Waals surface area contributed by atoms with Gasteiger partial charge < -0.3 is 34.4 Å². The first-order chi connectivity index (χ1) is 14.7. The summed E-state index contributed by atoms with van der Waals surface area (Å²) < 4.78 is 16.1. The van der Waals surface area contributed by atoms with Gasteiger partial charge in [-0.05, 0) is 43.7 Å². The van der Waals surface area contributed by atoms with Crippen molar-refractivity contribution in [3.05, 3.63) is 73.1 Å². The molecule has 0 unspecified atom stereocenters. The molecule has 2 aromatic heterocycles. The normalized spacial score (nSPS) is 10.9. The van der Waals surface area contributed by atoms with Crippen LogP contribution in [-0.4, -0.2) is 41.5 Å². The maximum atomic E-state index is 12.9. The van der Waals surface area contributed by atoms with Gasteiger partial charge in [-0.3, -0.25) is 9.59 Å². The van der Waals surface area contributed by atoms with Crippen molar-refractivity contribution in [2.24, 2.45) is 0 Å². The molecule has 0 fully saturated rings. The molecule has 0 aliphatic rings. The van der Waals surface area contributed by atoms with Crippen LogP contribution in [0.2, 0.25) is 0 Å². The largest absolute Gasteiger partial charge is 0.507 e. The number of aromatic amines is 2. The van der Waals surface area contributed by atoms with Gasteiger partial charge in [0.25, 0.3) is 11.1 Å². The summed E-state index contributed by atoms with van der Waals surface area (Å²) in [6.45, 7) is 3.24. The Morgan fingerprint density at radius 3 is 1.48 bits per heavy atom. The molecule has 0 spiro atoms. The van der Waals surface area contributed by atoms with Crippen LogP contribution in [0, 0.1) is 13.8 Å². The van der Waals surface area contributed by atoms with Crippen molar-refractivity contribution in [2.75, 3.05) is 21.3 Å². The van der Waals surface area contributed by atoms with E-state index in [0.29, 0.717) is 22.7 Å². The van der Waals surface area contributed by atoms with Crippen molar-refractivity contribution >= 4 is 0 Å². The van der Waals surface area contributed by atoms with Crippen LogP contribution in [-0.2, 0) is 0 Å². The number of ether oxygens (including phenoxy) is 3. The van der Waals surface area contributed by atoms with E-state index in [1.807, 2.05) is 0 Å². The standard InChI is InChI=1S/C22H24N2O7/c1-10-6-13(25)18(21(27)23-10)17(19-14(26)7-11(2)24-22(19)28)12-8-15(29-3)20(31-5)16(9-12)30-4/h6-9,17H,1-5H3,(H2,23,25,27)(H2,24,26,28). The van der Waals surface area contributed by atoms with E-state index in [9.17, 15) is 19.8 Å². The van der Waals surface area contributed by atoms with E-state index in [-0.39, 0.29) is 34.1 Å². The van der Waals surface area contributed by atoms with E-state index in [0.717, 1.165) is 0 Å². The van der Waals surface area contributed by atoms with Crippen LogP contribution in [0.15, 0.2) is 33.9 Å². The van der Waals surface area contributed by atoms with Gasteiger partial charge in [-0.15, -0.1) is 0 Å². The van der Waals surface area contributed by atoms with Gasteiger partial charge in [-0.2, -0.15) is 0 Å². The molecule has 0 aliphatic heterocycles. The summed E-state index contributed by atoms with van der Waals surface area (Å²) in [6, 6.07) is 5.87. The minimum Gasteiger partial charge on any atom is -0.507 e. The molecule has 1 aromatic carbocycles. The maximum Gasteiger partial charge on any atom is 0.256 e. The Morgan fingerprint density at radius 1 is 0.742 bits per heavy atom. The Labute approximate surface area is 177 Å². The highest BCUT2D eigenvalue weighted by Crippen LogP contribution is 2.44. The lowest BCUT2D eigenvalue weighted by Crippen LogP contribution is -2.25. The Morgan fingerprint density at radius 2 is 1.16 bits per heavy atom. The van der Waals surface area contributed by atoms with Crippen LogP contribution in [0.1, 0.15) is 34.0 Å². The molecule has 31 heavy (non-hydrogen) atoms. The number of H-pyrrole nitrogens is 2. The van der Waals surface area contributed by atoms with Gasteiger partial charge in [0.05, 0.1) is 38.4 Å². The van der Waals surface area contributed by atoms with E-state index in [4.69, 9.17) is 14.2 Å². The summed E-state index contributed by atoms with van der Waals surface area (Å²) >= 11 is 0. The fourth-order valence-electron chi connectivity index (χ4n) is 3.67. The molecule has 0 radical (unpaired) electrons. The molecule has 164 valence electrons. The van der Waals surface area contributed by atoms with Gasteiger partial charge in [0.1, 0.15) is 11.5 Å². The third-order valence-electron chi connectivity index (χ3n) is 4.97. The van der Waals surface area contributed by atoms with Gasteiger partial charge in [-0.1, -0.05) is 0 Å². The lowest BCUT2D eigenvalue weighted by Gasteiger charge is -2.22. The first-order valence-corrected chi connectivity index (χ1v) is 9.37. The number of methoxy groups -OCH3 is 3. The van der Waals surface area contributed by atoms with Crippen molar-refractivity contribution in [1.82, 2.24) is 9.97 Å². The lowest BCUT2D eigenvalue weighted by atomic mass is 9.84. The topological polar surface area (TPSA) is 134 Å². The number of aromatic hydroxyl groups is 2. The molecule has 2 heterocycles. The van der Waals surface area contributed by atoms with Gasteiger partial charge in [-0.25, -0.2) is 0 Å². The van der Waals surface area contributed by atoms with Crippen LogP contribution in [0.3, 0.4) is 0 Å². The molecule has 0 saturated carbocycles. The summed E-state index contributed by atoms with van der Waals surface area (Å²) in [5.74, 6) is -0.890. The minimum absolute atomic E-state index is 0.107. The summed E-state index contributed by atoms with van der Waals surface area (Å²) in [5.41, 5.74) is -0.169. The van der Waals surface area contributed by atoms with E-state index < -0.39 is 17.0 Å². The molecule has 0 saturated heterocycles. The zero-order chi connectivity index (χ0) is 22.9. The average Bonchev–Trinajstić information content (AvgIpc) is 2.70. The highest BCUT2D eigenvalue weighted by atomic mass is 16.5.